The molecule has 66 valence electrons. The Morgan fingerprint density at radius 3 is 2.83 bits per heavy atom. The first-order valence-electron chi connectivity index (χ1n) is 4.54. The Kier molecular flexibility index (Phi) is 2.68. The SMILES string of the molecule is Ic1[nH]ncc1CC1CCCC1. The molecule has 1 N–H and O–H groups in total. The van der Waals surface area contributed by atoms with Gasteiger partial charge in [-0.2, -0.15) is 5.10 Å². The van der Waals surface area contributed by atoms with Crippen molar-refractivity contribution in [2.24, 2.45) is 5.92 Å². The van der Waals surface area contributed by atoms with Crippen LogP contribution in [-0.4, -0.2) is 10.2 Å². The van der Waals surface area contributed by atoms with E-state index in [-0.39, 0.29) is 0 Å². The second kappa shape index (κ2) is 3.77. The van der Waals surface area contributed by atoms with Gasteiger partial charge in [-0.15, -0.1) is 0 Å². The summed E-state index contributed by atoms with van der Waals surface area (Å²) < 4.78 is 1.22. The van der Waals surface area contributed by atoms with E-state index in [1.54, 1.807) is 0 Å². The third-order valence-corrected chi connectivity index (χ3v) is 3.58. The Labute approximate surface area is 86.3 Å². The molecule has 0 atom stereocenters. The summed E-state index contributed by atoms with van der Waals surface area (Å²) in [4.78, 5) is 0. The number of halogens is 1. The van der Waals surface area contributed by atoms with E-state index in [4.69, 9.17) is 0 Å². The maximum Gasteiger partial charge on any atom is 0.0989 e. The van der Waals surface area contributed by atoms with Crippen LogP contribution >= 0.6 is 22.6 Å². The second-order valence-electron chi connectivity index (χ2n) is 3.56. The van der Waals surface area contributed by atoms with Crippen molar-refractivity contribution in [3.8, 4) is 0 Å². The van der Waals surface area contributed by atoms with Crippen molar-refractivity contribution in [3.05, 3.63) is 15.5 Å². The minimum atomic E-state index is 0.927. The molecule has 1 heterocycles. The van der Waals surface area contributed by atoms with E-state index in [1.165, 1.54) is 41.4 Å². The van der Waals surface area contributed by atoms with Gasteiger partial charge in [0.1, 0.15) is 0 Å². The van der Waals surface area contributed by atoms with E-state index >= 15 is 0 Å². The maximum absolute atomic E-state index is 4.03. The van der Waals surface area contributed by atoms with E-state index in [1.807, 2.05) is 6.20 Å². The molecule has 1 saturated carbocycles. The molecule has 0 unspecified atom stereocenters. The first-order chi connectivity index (χ1) is 5.86. The Hall–Kier alpha value is -0.0600. The van der Waals surface area contributed by atoms with Crippen LogP contribution in [0.4, 0.5) is 0 Å². The average Bonchev–Trinajstić information content (AvgIpc) is 2.65. The molecule has 1 aliphatic carbocycles. The molecule has 0 saturated heterocycles. The zero-order valence-corrected chi connectivity index (χ0v) is 9.17. The minimum Gasteiger partial charge on any atom is -0.272 e. The highest BCUT2D eigenvalue weighted by Gasteiger charge is 2.16. The van der Waals surface area contributed by atoms with Gasteiger partial charge < -0.3 is 0 Å². The van der Waals surface area contributed by atoms with Gasteiger partial charge >= 0.3 is 0 Å². The standard InChI is InChI=1S/C9H13IN2/c10-9-8(6-11-12-9)5-7-3-1-2-4-7/h6-7H,1-5H2,(H,11,12). The summed E-state index contributed by atoms with van der Waals surface area (Å²) in [5.74, 6) is 0.927. The van der Waals surface area contributed by atoms with Gasteiger partial charge in [0.2, 0.25) is 0 Å². The summed E-state index contributed by atoms with van der Waals surface area (Å²) in [5, 5.41) is 7.01. The number of nitrogens with zero attached hydrogens (tertiary/aromatic N) is 1. The van der Waals surface area contributed by atoms with Crippen LogP contribution in [0.15, 0.2) is 6.20 Å². The molecule has 1 aromatic heterocycles. The Bertz CT molecular complexity index is 251. The average molecular weight is 276 g/mol. The van der Waals surface area contributed by atoms with Crippen molar-refractivity contribution >= 4 is 22.6 Å². The highest BCUT2D eigenvalue weighted by Crippen LogP contribution is 2.28. The van der Waals surface area contributed by atoms with Crippen LogP contribution in [0.5, 0.6) is 0 Å². The van der Waals surface area contributed by atoms with Gasteiger partial charge in [-0.05, 0) is 34.9 Å². The van der Waals surface area contributed by atoms with Crippen molar-refractivity contribution < 1.29 is 0 Å². The number of rotatable bonds is 2. The van der Waals surface area contributed by atoms with E-state index in [9.17, 15) is 0 Å². The van der Waals surface area contributed by atoms with Gasteiger partial charge in [0.25, 0.3) is 0 Å². The van der Waals surface area contributed by atoms with E-state index in [0.29, 0.717) is 0 Å². The maximum atomic E-state index is 4.03. The number of hydrogen-bond acceptors (Lipinski definition) is 1. The normalized spacial score (nSPS) is 18.8. The molecule has 12 heavy (non-hydrogen) atoms. The molecular formula is C9H13IN2. The molecule has 0 spiro atoms. The number of hydrogen-bond donors (Lipinski definition) is 1. The van der Waals surface area contributed by atoms with Gasteiger partial charge in [-0.3, -0.25) is 5.10 Å². The third kappa shape index (κ3) is 1.81. The Morgan fingerprint density at radius 2 is 2.25 bits per heavy atom. The largest absolute Gasteiger partial charge is 0.272 e. The number of aromatic nitrogens is 2. The number of H-pyrrole nitrogens is 1. The minimum absolute atomic E-state index is 0.927. The molecule has 2 rings (SSSR count). The van der Waals surface area contributed by atoms with Crippen molar-refractivity contribution in [1.82, 2.24) is 10.2 Å². The first-order valence-corrected chi connectivity index (χ1v) is 5.62. The molecule has 0 aromatic carbocycles. The lowest BCUT2D eigenvalue weighted by Crippen LogP contribution is -1.98. The monoisotopic (exact) mass is 276 g/mol. The Balaban J connectivity index is 1.98. The fourth-order valence-corrected chi connectivity index (χ4v) is 2.46. The van der Waals surface area contributed by atoms with Crippen molar-refractivity contribution in [2.45, 2.75) is 32.1 Å². The smallest absolute Gasteiger partial charge is 0.0989 e. The van der Waals surface area contributed by atoms with Crippen molar-refractivity contribution in [1.29, 1.82) is 0 Å². The van der Waals surface area contributed by atoms with Crippen molar-refractivity contribution in [3.63, 3.8) is 0 Å². The fourth-order valence-electron chi connectivity index (χ4n) is 1.96. The molecule has 0 bridgehead atoms. The van der Waals surface area contributed by atoms with Gasteiger partial charge in [-0.1, -0.05) is 25.7 Å². The van der Waals surface area contributed by atoms with Crippen molar-refractivity contribution in [2.75, 3.05) is 0 Å². The lowest BCUT2D eigenvalue weighted by molar-refractivity contribution is 0.545. The quantitative estimate of drug-likeness (QED) is 0.827. The molecule has 2 nitrogen and oxygen atoms in total. The molecule has 3 heteroatoms. The summed E-state index contributed by atoms with van der Waals surface area (Å²) in [6.07, 6.45) is 8.90. The lowest BCUT2D eigenvalue weighted by Gasteiger charge is -2.05. The van der Waals surface area contributed by atoms with Gasteiger partial charge in [0.05, 0.1) is 9.90 Å². The van der Waals surface area contributed by atoms with Crippen LogP contribution < -0.4 is 0 Å². The molecule has 0 aliphatic heterocycles. The highest BCUT2D eigenvalue weighted by molar-refractivity contribution is 14.1. The van der Waals surface area contributed by atoms with Gasteiger partial charge in [0.15, 0.2) is 0 Å². The Morgan fingerprint density at radius 1 is 1.50 bits per heavy atom. The molecule has 1 aliphatic rings. The summed E-state index contributed by atoms with van der Waals surface area (Å²) in [6, 6.07) is 0. The molecular weight excluding hydrogens is 263 g/mol. The van der Waals surface area contributed by atoms with E-state index in [0.717, 1.165) is 5.92 Å². The molecule has 1 aromatic rings. The third-order valence-electron chi connectivity index (χ3n) is 2.65. The predicted octanol–water partition coefficient (Wildman–Crippen LogP) is 2.75. The van der Waals surface area contributed by atoms with Crippen LogP contribution in [0.25, 0.3) is 0 Å². The van der Waals surface area contributed by atoms with E-state index < -0.39 is 0 Å². The number of nitrogens with one attached hydrogen (secondary N) is 1. The van der Waals surface area contributed by atoms with E-state index in [2.05, 4.69) is 32.8 Å². The summed E-state index contributed by atoms with van der Waals surface area (Å²) >= 11 is 2.32. The lowest BCUT2D eigenvalue weighted by atomic mass is 10.0. The first kappa shape index (κ1) is 8.53. The van der Waals surface area contributed by atoms with Crippen LogP contribution in [0.2, 0.25) is 0 Å². The topological polar surface area (TPSA) is 28.7 Å². The van der Waals surface area contributed by atoms with Gasteiger partial charge in [-0.25, -0.2) is 0 Å². The van der Waals surface area contributed by atoms with Crippen LogP contribution in [0, 0.1) is 9.62 Å². The second-order valence-corrected chi connectivity index (χ2v) is 4.64. The van der Waals surface area contributed by atoms with Crippen LogP contribution in [-0.2, 0) is 6.42 Å². The summed E-state index contributed by atoms with van der Waals surface area (Å²) in [5.41, 5.74) is 1.41. The molecule has 0 radical (unpaired) electrons. The van der Waals surface area contributed by atoms with Crippen LogP contribution in [0.1, 0.15) is 31.2 Å². The van der Waals surface area contributed by atoms with Crippen LogP contribution in [0.3, 0.4) is 0 Å². The molecule has 0 amide bonds. The highest BCUT2D eigenvalue weighted by atomic mass is 127. The predicted molar refractivity (Wildman–Crippen MR) is 57.0 cm³/mol. The zero-order chi connectivity index (χ0) is 8.39. The number of aromatic amines is 1. The molecule has 1 fully saturated rings. The zero-order valence-electron chi connectivity index (χ0n) is 7.02. The summed E-state index contributed by atoms with van der Waals surface area (Å²) in [7, 11) is 0. The van der Waals surface area contributed by atoms with Gasteiger partial charge in [0, 0.05) is 5.56 Å². The summed E-state index contributed by atoms with van der Waals surface area (Å²) in [6.45, 7) is 0. The fraction of sp³-hybridized carbons (Fsp3) is 0.667.